The summed E-state index contributed by atoms with van der Waals surface area (Å²) < 4.78 is 11.6. The Morgan fingerprint density at radius 2 is 1.55 bits per heavy atom. The second-order valence-electron chi connectivity index (χ2n) is 9.05. The second-order valence-corrected chi connectivity index (χ2v) is 9.05. The number of hydrogen-bond donors (Lipinski definition) is 2. The molecule has 0 aliphatic carbocycles. The van der Waals surface area contributed by atoms with E-state index in [0.717, 1.165) is 5.56 Å². The number of carbonyl (C=O) groups is 2. The number of anilines is 1. The molecule has 0 bridgehead atoms. The number of methoxy groups -OCH3 is 1. The van der Waals surface area contributed by atoms with Crippen LogP contribution in [-0.2, 0) is 16.2 Å². The number of benzene rings is 4. The number of amides is 1. The molecule has 0 spiro atoms. The maximum Gasteiger partial charge on any atom is 0.331 e. The summed E-state index contributed by atoms with van der Waals surface area (Å²) in [5.41, 5.74) is 3.07. The van der Waals surface area contributed by atoms with Crippen molar-refractivity contribution in [3.8, 4) is 17.6 Å². The average Bonchev–Trinajstić information content (AvgIpc) is 2.99. The minimum absolute atomic E-state index is 0.336. The molecule has 4 rings (SSSR count). The SMILES string of the molecule is COc1cc(C(Nc2ccc(C#N)cc2)C(=O)N(C)C(C(=O)O)c2ccccc2)ccc1OCc1ccccc1. The molecule has 2 unspecified atom stereocenters. The lowest BCUT2D eigenvalue weighted by molar-refractivity contribution is -0.149. The lowest BCUT2D eigenvalue weighted by Crippen LogP contribution is -2.40. The molecule has 0 heterocycles. The van der Waals surface area contributed by atoms with Gasteiger partial charge in [0.05, 0.1) is 18.7 Å². The predicted octanol–water partition coefficient (Wildman–Crippen LogP) is 5.58. The van der Waals surface area contributed by atoms with Crippen LogP contribution in [0.2, 0.25) is 0 Å². The van der Waals surface area contributed by atoms with E-state index in [0.29, 0.717) is 40.5 Å². The van der Waals surface area contributed by atoms with Crippen LogP contribution in [0, 0.1) is 11.3 Å². The Kier molecular flexibility index (Phi) is 9.00. The smallest absolute Gasteiger partial charge is 0.331 e. The average molecular weight is 536 g/mol. The van der Waals surface area contributed by atoms with E-state index in [1.807, 2.05) is 30.3 Å². The summed E-state index contributed by atoms with van der Waals surface area (Å²) in [4.78, 5) is 27.5. The lowest BCUT2D eigenvalue weighted by atomic mass is 10.0. The lowest BCUT2D eigenvalue weighted by Gasteiger charge is -2.30. The number of likely N-dealkylation sites (N-methyl/N-ethyl adjacent to an activating group) is 1. The van der Waals surface area contributed by atoms with Gasteiger partial charge in [-0.1, -0.05) is 66.7 Å². The third kappa shape index (κ3) is 6.58. The predicted molar refractivity (Wildman–Crippen MR) is 151 cm³/mol. The number of nitriles is 1. The molecule has 0 fully saturated rings. The zero-order valence-electron chi connectivity index (χ0n) is 22.2. The van der Waals surface area contributed by atoms with Gasteiger partial charge in [-0.25, -0.2) is 4.79 Å². The Balaban J connectivity index is 1.68. The van der Waals surface area contributed by atoms with Crippen molar-refractivity contribution in [1.29, 1.82) is 5.26 Å². The first-order valence-electron chi connectivity index (χ1n) is 12.6. The number of nitrogens with one attached hydrogen (secondary N) is 1. The molecule has 0 aliphatic rings. The van der Waals surface area contributed by atoms with Gasteiger partial charge in [-0.05, 0) is 53.1 Å². The Bertz CT molecular complexity index is 1480. The Hall–Kier alpha value is -5.29. The number of ether oxygens (including phenoxy) is 2. The van der Waals surface area contributed by atoms with E-state index in [2.05, 4.69) is 11.4 Å². The largest absolute Gasteiger partial charge is 0.493 e. The van der Waals surface area contributed by atoms with Gasteiger partial charge in [-0.15, -0.1) is 0 Å². The zero-order valence-corrected chi connectivity index (χ0v) is 22.2. The molecule has 0 radical (unpaired) electrons. The summed E-state index contributed by atoms with van der Waals surface area (Å²) >= 11 is 0. The summed E-state index contributed by atoms with van der Waals surface area (Å²) in [7, 11) is 2.98. The van der Waals surface area contributed by atoms with Crippen LogP contribution in [0.1, 0.15) is 34.3 Å². The first kappa shape index (κ1) is 27.7. The van der Waals surface area contributed by atoms with E-state index in [1.165, 1.54) is 19.1 Å². The van der Waals surface area contributed by atoms with Gasteiger partial charge in [0.2, 0.25) is 5.91 Å². The highest BCUT2D eigenvalue weighted by Crippen LogP contribution is 2.34. The van der Waals surface area contributed by atoms with Gasteiger partial charge in [-0.2, -0.15) is 5.26 Å². The van der Waals surface area contributed by atoms with Gasteiger partial charge >= 0.3 is 5.97 Å². The first-order valence-corrected chi connectivity index (χ1v) is 12.6. The van der Waals surface area contributed by atoms with Gasteiger partial charge < -0.3 is 24.8 Å². The Morgan fingerprint density at radius 3 is 2.15 bits per heavy atom. The van der Waals surface area contributed by atoms with E-state index >= 15 is 0 Å². The number of carboxylic acids is 1. The molecule has 2 atom stereocenters. The van der Waals surface area contributed by atoms with Crippen molar-refractivity contribution in [2.75, 3.05) is 19.5 Å². The molecular formula is C32H29N3O5. The van der Waals surface area contributed by atoms with Crippen molar-refractivity contribution in [2.24, 2.45) is 0 Å². The molecule has 8 nitrogen and oxygen atoms in total. The quantitative estimate of drug-likeness (QED) is 0.258. The van der Waals surface area contributed by atoms with Crippen LogP contribution in [0.3, 0.4) is 0 Å². The normalized spacial score (nSPS) is 11.9. The number of nitrogens with zero attached hydrogens (tertiary/aromatic N) is 2. The van der Waals surface area contributed by atoms with Crippen molar-refractivity contribution in [1.82, 2.24) is 4.90 Å². The topological polar surface area (TPSA) is 112 Å². The van der Waals surface area contributed by atoms with Crippen LogP contribution in [0.25, 0.3) is 0 Å². The maximum atomic E-state index is 14.0. The highest BCUT2D eigenvalue weighted by Gasteiger charge is 2.33. The summed E-state index contributed by atoms with van der Waals surface area (Å²) in [6.07, 6.45) is 0. The number of carbonyl (C=O) groups excluding carboxylic acids is 1. The third-order valence-electron chi connectivity index (χ3n) is 6.41. The highest BCUT2D eigenvalue weighted by molar-refractivity contribution is 5.90. The first-order chi connectivity index (χ1) is 19.4. The van der Waals surface area contributed by atoms with Crippen LogP contribution in [0.4, 0.5) is 5.69 Å². The molecule has 0 aromatic heterocycles. The molecule has 4 aromatic carbocycles. The van der Waals surface area contributed by atoms with Crippen LogP contribution >= 0.6 is 0 Å². The van der Waals surface area contributed by atoms with Crippen LogP contribution in [-0.4, -0.2) is 36.0 Å². The summed E-state index contributed by atoms with van der Waals surface area (Å²) in [6, 6.07) is 30.0. The monoisotopic (exact) mass is 535 g/mol. The minimum atomic E-state index is -1.20. The fourth-order valence-corrected chi connectivity index (χ4v) is 4.31. The van der Waals surface area contributed by atoms with E-state index in [1.54, 1.807) is 72.8 Å². The minimum Gasteiger partial charge on any atom is -0.493 e. The van der Waals surface area contributed by atoms with Gasteiger partial charge in [0.25, 0.3) is 0 Å². The van der Waals surface area contributed by atoms with Crippen LogP contribution in [0.5, 0.6) is 11.5 Å². The Labute approximate surface area is 233 Å². The van der Waals surface area contributed by atoms with Crippen molar-refractivity contribution in [2.45, 2.75) is 18.7 Å². The van der Waals surface area contributed by atoms with Gasteiger partial charge in [0.1, 0.15) is 12.6 Å². The van der Waals surface area contributed by atoms with Crippen molar-refractivity contribution < 1.29 is 24.2 Å². The summed E-state index contributed by atoms with van der Waals surface area (Å²) in [5.74, 6) is -0.698. The number of hydrogen-bond acceptors (Lipinski definition) is 6. The molecule has 2 N–H and O–H groups in total. The molecule has 0 saturated heterocycles. The number of rotatable bonds is 11. The van der Waals surface area contributed by atoms with E-state index in [4.69, 9.17) is 14.7 Å². The molecule has 0 aliphatic heterocycles. The van der Waals surface area contributed by atoms with Crippen LogP contribution in [0.15, 0.2) is 103 Å². The van der Waals surface area contributed by atoms with Crippen molar-refractivity contribution in [3.63, 3.8) is 0 Å². The highest BCUT2D eigenvalue weighted by atomic mass is 16.5. The third-order valence-corrected chi connectivity index (χ3v) is 6.41. The molecule has 0 saturated carbocycles. The van der Waals surface area contributed by atoms with Crippen molar-refractivity contribution in [3.05, 3.63) is 125 Å². The standard InChI is InChI=1S/C32H29N3O5/c1-35(30(32(37)38)24-11-7-4-8-12-24)31(36)29(34-26-16-13-22(20-33)14-17-26)25-15-18-27(28(19-25)39-2)40-21-23-9-5-3-6-10-23/h3-19,29-30,34H,21H2,1-2H3,(H,37,38). The molecule has 202 valence electrons. The van der Waals surface area contributed by atoms with Crippen molar-refractivity contribution >= 4 is 17.6 Å². The summed E-state index contributed by atoms with van der Waals surface area (Å²) in [5, 5.41) is 22.4. The molecule has 4 aromatic rings. The fourth-order valence-electron chi connectivity index (χ4n) is 4.31. The number of aliphatic carboxylic acids is 1. The Morgan fingerprint density at radius 1 is 0.900 bits per heavy atom. The van der Waals surface area contributed by atoms with Gasteiger partial charge in [0, 0.05) is 12.7 Å². The maximum absolute atomic E-state index is 14.0. The van der Waals surface area contributed by atoms with Gasteiger partial charge in [-0.3, -0.25) is 4.79 Å². The molecule has 1 amide bonds. The van der Waals surface area contributed by atoms with E-state index in [9.17, 15) is 14.7 Å². The zero-order chi connectivity index (χ0) is 28.5. The molecular weight excluding hydrogens is 506 g/mol. The van der Waals surface area contributed by atoms with Crippen LogP contribution < -0.4 is 14.8 Å². The van der Waals surface area contributed by atoms with Gasteiger partial charge in [0.15, 0.2) is 17.5 Å². The number of carboxylic acid groups (broad SMARTS) is 1. The van der Waals surface area contributed by atoms with E-state index < -0.39 is 24.0 Å². The van der Waals surface area contributed by atoms with E-state index in [-0.39, 0.29) is 0 Å². The fraction of sp³-hybridized carbons (Fsp3) is 0.156. The second kappa shape index (κ2) is 13.0. The molecule has 8 heteroatoms. The summed E-state index contributed by atoms with van der Waals surface area (Å²) in [6.45, 7) is 0.336. The molecule has 40 heavy (non-hydrogen) atoms.